The van der Waals surface area contributed by atoms with Crippen LogP contribution in [0.2, 0.25) is 0 Å². The Morgan fingerprint density at radius 3 is 2.22 bits per heavy atom. The van der Waals surface area contributed by atoms with Crippen molar-refractivity contribution in [3.8, 4) is 22.5 Å². The summed E-state index contributed by atoms with van der Waals surface area (Å²) in [5.74, 6) is -0.304. The van der Waals surface area contributed by atoms with Gasteiger partial charge in [0.05, 0.1) is 23.5 Å². The summed E-state index contributed by atoms with van der Waals surface area (Å²) < 4.78 is 7.15. The molecule has 1 saturated heterocycles. The maximum absolute atomic E-state index is 13.1. The highest BCUT2D eigenvalue weighted by molar-refractivity contribution is 5.94. The summed E-state index contributed by atoms with van der Waals surface area (Å²) >= 11 is 0. The molecule has 2 aromatic carbocycles. The standard InChI is InChI=1S/C28H29N5O3/c1-18-23(17-32(18)27(35)36-28(2,3)4)30-26(34)22-16-25-29-21(19-11-7-5-8-12-19)15-24(33(25)31-22)20-13-9-6-10-14-20/h5-16,18,23H,17H2,1-4H3,(H,30,34). The maximum Gasteiger partial charge on any atom is 0.410 e. The van der Waals surface area contributed by atoms with Crippen LogP contribution in [0.1, 0.15) is 38.2 Å². The van der Waals surface area contributed by atoms with Crippen molar-refractivity contribution in [2.45, 2.75) is 45.4 Å². The Morgan fingerprint density at radius 1 is 0.972 bits per heavy atom. The lowest BCUT2D eigenvalue weighted by Gasteiger charge is -2.46. The fourth-order valence-electron chi connectivity index (χ4n) is 4.24. The molecular formula is C28H29N5O3. The maximum atomic E-state index is 13.1. The normalized spacial score (nSPS) is 17.5. The molecule has 2 amide bonds. The molecule has 1 aliphatic rings. The predicted molar refractivity (Wildman–Crippen MR) is 138 cm³/mol. The van der Waals surface area contributed by atoms with Gasteiger partial charge in [-0.05, 0) is 33.8 Å². The lowest BCUT2D eigenvalue weighted by Crippen LogP contribution is -2.67. The van der Waals surface area contributed by atoms with Crippen molar-refractivity contribution in [3.05, 3.63) is 78.5 Å². The number of likely N-dealkylation sites (tertiary alicyclic amines) is 1. The van der Waals surface area contributed by atoms with E-state index in [0.29, 0.717) is 12.2 Å². The third-order valence-electron chi connectivity index (χ3n) is 6.21. The highest BCUT2D eigenvalue weighted by atomic mass is 16.6. The quantitative estimate of drug-likeness (QED) is 0.450. The first kappa shape index (κ1) is 23.5. The molecule has 0 bridgehead atoms. The Kier molecular flexibility index (Phi) is 5.96. The minimum atomic E-state index is -0.566. The Balaban J connectivity index is 1.41. The SMILES string of the molecule is CC1C(NC(=O)c2cc3nc(-c4ccccc4)cc(-c4ccccc4)n3n2)CN1C(=O)OC(C)(C)C. The minimum absolute atomic E-state index is 0.177. The molecule has 0 saturated carbocycles. The second-order valence-corrected chi connectivity index (χ2v) is 10.0. The number of nitrogens with zero attached hydrogens (tertiary/aromatic N) is 4. The Morgan fingerprint density at radius 2 is 1.61 bits per heavy atom. The highest BCUT2D eigenvalue weighted by Crippen LogP contribution is 2.27. The first-order chi connectivity index (χ1) is 17.2. The number of rotatable bonds is 4. The van der Waals surface area contributed by atoms with E-state index >= 15 is 0 Å². The second-order valence-electron chi connectivity index (χ2n) is 10.0. The summed E-state index contributed by atoms with van der Waals surface area (Å²) in [6.45, 7) is 7.78. The van der Waals surface area contributed by atoms with Crippen LogP contribution in [-0.4, -0.2) is 55.7 Å². The molecule has 1 fully saturated rings. The van der Waals surface area contributed by atoms with Gasteiger partial charge in [0.1, 0.15) is 5.60 Å². The van der Waals surface area contributed by atoms with Gasteiger partial charge in [0.2, 0.25) is 0 Å². The molecule has 184 valence electrons. The fraction of sp³-hybridized carbons (Fsp3) is 0.286. The Hall–Kier alpha value is -4.20. The van der Waals surface area contributed by atoms with Crippen LogP contribution in [-0.2, 0) is 4.74 Å². The van der Waals surface area contributed by atoms with Crippen LogP contribution in [0.15, 0.2) is 72.8 Å². The van der Waals surface area contributed by atoms with Gasteiger partial charge < -0.3 is 15.0 Å². The van der Waals surface area contributed by atoms with Crippen molar-refractivity contribution in [3.63, 3.8) is 0 Å². The topological polar surface area (TPSA) is 88.8 Å². The largest absolute Gasteiger partial charge is 0.444 e. The van der Waals surface area contributed by atoms with Crippen LogP contribution in [0, 0.1) is 0 Å². The summed E-state index contributed by atoms with van der Waals surface area (Å²) in [6, 6.07) is 23.1. The van der Waals surface area contributed by atoms with Crippen LogP contribution >= 0.6 is 0 Å². The third kappa shape index (κ3) is 4.66. The molecule has 2 aromatic heterocycles. The van der Waals surface area contributed by atoms with Gasteiger partial charge in [-0.15, -0.1) is 0 Å². The predicted octanol–water partition coefficient (Wildman–Crippen LogP) is 4.80. The van der Waals surface area contributed by atoms with E-state index in [4.69, 9.17) is 9.72 Å². The molecular weight excluding hydrogens is 454 g/mol. The molecule has 3 heterocycles. The lowest BCUT2D eigenvalue weighted by atomic mass is 9.99. The molecule has 8 heteroatoms. The Bertz CT molecular complexity index is 1410. The number of ether oxygens (including phenoxy) is 1. The number of aromatic nitrogens is 3. The molecule has 1 aliphatic heterocycles. The number of nitrogens with one attached hydrogen (secondary N) is 1. The molecule has 0 aliphatic carbocycles. The summed E-state index contributed by atoms with van der Waals surface area (Å²) in [4.78, 5) is 31.9. The average Bonchev–Trinajstić information content (AvgIpc) is 3.29. The van der Waals surface area contributed by atoms with Gasteiger partial charge in [0.15, 0.2) is 11.3 Å². The minimum Gasteiger partial charge on any atom is -0.444 e. The van der Waals surface area contributed by atoms with E-state index in [1.54, 1.807) is 15.5 Å². The molecule has 2 unspecified atom stereocenters. The van der Waals surface area contributed by atoms with Gasteiger partial charge in [0, 0.05) is 23.7 Å². The van der Waals surface area contributed by atoms with Crippen LogP contribution in [0.3, 0.4) is 0 Å². The van der Waals surface area contributed by atoms with Gasteiger partial charge in [-0.1, -0.05) is 60.7 Å². The summed E-state index contributed by atoms with van der Waals surface area (Å²) in [6.07, 6.45) is -0.377. The zero-order valence-corrected chi connectivity index (χ0v) is 20.8. The first-order valence-electron chi connectivity index (χ1n) is 12.0. The molecule has 2 atom stereocenters. The Labute approximate surface area is 209 Å². The molecule has 0 radical (unpaired) electrons. The third-order valence-corrected chi connectivity index (χ3v) is 6.21. The fourth-order valence-corrected chi connectivity index (χ4v) is 4.24. The van der Waals surface area contributed by atoms with Crippen molar-refractivity contribution in [1.82, 2.24) is 24.8 Å². The molecule has 1 N–H and O–H groups in total. The molecule has 4 aromatic rings. The number of benzene rings is 2. The summed E-state index contributed by atoms with van der Waals surface area (Å²) in [7, 11) is 0. The van der Waals surface area contributed by atoms with Gasteiger partial charge in [-0.25, -0.2) is 14.3 Å². The summed E-state index contributed by atoms with van der Waals surface area (Å²) in [5.41, 5.74) is 3.88. The van der Waals surface area contributed by atoms with Crippen LogP contribution in [0.4, 0.5) is 4.79 Å². The van der Waals surface area contributed by atoms with Crippen molar-refractivity contribution >= 4 is 17.6 Å². The molecule has 36 heavy (non-hydrogen) atoms. The average molecular weight is 484 g/mol. The number of hydrogen-bond donors (Lipinski definition) is 1. The smallest absolute Gasteiger partial charge is 0.410 e. The van der Waals surface area contributed by atoms with Crippen LogP contribution in [0.25, 0.3) is 28.2 Å². The lowest BCUT2D eigenvalue weighted by molar-refractivity contribution is -0.0137. The number of amides is 2. The second kappa shape index (κ2) is 9.11. The molecule has 8 nitrogen and oxygen atoms in total. The molecule has 5 rings (SSSR count). The first-order valence-corrected chi connectivity index (χ1v) is 12.0. The van der Waals surface area contributed by atoms with E-state index in [0.717, 1.165) is 22.5 Å². The monoisotopic (exact) mass is 483 g/mol. The van der Waals surface area contributed by atoms with Gasteiger partial charge in [-0.2, -0.15) is 5.10 Å². The van der Waals surface area contributed by atoms with Crippen LogP contribution < -0.4 is 5.32 Å². The van der Waals surface area contributed by atoms with Gasteiger partial charge in [0.25, 0.3) is 5.91 Å². The van der Waals surface area contributed by atoms with Crippen LogP contribution in [0.5, 0.6) is 0 Å². The zero-order valence-electron chi connectivity index (χ0n) is 20.8. The zero-order chi connectivity index (χ0) is 25.4. The molecule has 0 spiro atoms. The van der Waals surface area contributed by atoms with Gasteiger partial charge in [-0.3, -0.25) is 4.79 Å². The van der Waals surface area contributed by atoms with E-state index in [9.17, 15) is 9.59 Å². The van der Waals surface area contributed by atoms with Crippen molar-refractivity contribution in [2.75, 3.05) is 6.54 Å². The summed E-state index contributed by atoms with van der Waals surface area (Å²) in [5, 5.41) is 7.60. The number of fused-ring (bicyclic) bond motifs is 1. The van der Waals surface area contributed by atoms with Crippen molar-refractivity contribution in [2.24, 2.45) is 0 Å². The van der Waals surface area contributed by atoms with E-state index < -0.39 is 5.60 Å². The van der Waals surface area contributed by atoms with E-state index in [-0.39, 0.29) is 29.8 Å². The number of hydrogen-bond acceptors (Lipinski definition) is 5. The van der Waals surface area contributed by atoms with Crippen molar-refractivity contribution < 1.29 is 14.3 Å². The van der Waals surface area contributed by atoms with E-state index in [1.807, 2.05) is 94.4 Å². The van der Waals surface area contributed by atoms with E-state index in [2.05, 4.69) is 10.4 Å². The van der Waals surface area contributed by atoms with Crippen molar-refractivity contribution in [1.29, 1.82) is 0 Å². The number of carbonyl (C=O) groups is 2. The van der Waals surface area contributed by atoms with E-state index in [1.165, 1.54) is 0 Å². The van der Waals surface area contributed by atoms with Gasteiger partial charge >= 0.3 is 6.09 Å². The highest BCUT2D eigenvalue weighted by Gasteiger charge is 2.41. The number of carbonyl (C=O) groups excluding carboxylic acids is 2.